The summed E-state index contributed by atoms with van der Waals surface area (Å²) in [5.74, 6) is 0. The van der Waals surface area contributed by atoms with E-state index in [9.17, 15) is 0 Å². The lowest BCUT2D eigenvalue weighted by Gasteiger charge is -2.23. The number of halogens is 2. The van der Waals surface area contributed by atoms with Crippen LogP contribution >= 0.6 is 0 Å². The third kappa shape index (κ3) is 23.9. The number of hydrogen-bond donors (Lipinski definition) is 0. The molecule has 0 saturated carbocycles. The lowest BCUT2D eigenvalue weighted by atomic mass is 10.1. The second kappa shape index (κ2) is 13.5. The van der Waals surface area contributed by atoms with Crippen molar-refractivity contribution in [2.45, 2.75) is 51.4 Å². The highest BCUT2D eigenvalue weighted by molar-refractivity contribution is 4.47. The van der Waals surface area contributed by atoms with Crippen molar-refractivity contribution in [3.05, 3.63) is 0 Å². The molecule has 0 aliphatic heterocycles. The SMILES string of the molecule is C[N+](C)(C)CCCCCCCCCC[N+](C)(C)C.[Br-].[Br-]. The molecule has 0 spiro atoms. The van der Waals surface area contributed by atoms with Crippen molar-refractivity contribution in [3.8, 4) is 0 Å². The van der Waals surface area contributed by atoms with E-state index in [1.165, 1.54) is 64.5 Å². The van der Waals surface area contributed by atoms with Gasteiger partial charge in [-0.25, -0.2) is 0 Å². The number of rotatable bonds is 11. The van der Waals surface area contributed by atoms with Crippen LogP contribution in [-0.2, 0) is 0 Å². The number of hydrogen-bond acceptors (Lipinski definition) is 0. The molecule has 20 heavy (non-hydrogen) atoms. The second-order valence-electron chi connectivity index (χ2n) is 7.86. The molecule has 0 aliphatic rings. The molecule has 0 fully saturated rings. The lowest BCUT2D eigenvalue weighted by Crippen LogP contribution is -3.00. The molecule has 0 heterocycles. The van der Waals surface area contributed by atoms with Crippen molar-refractivity contribution in [1.29, 1.82) is 0 Å². The average molecular weight is 418 g/mol. The zero-order valence-corrected chi connectivity index (χ0v) is 17.9. The van der Waals surface area contributed by atoms with E-state index in [1.54, 1.807) is 0 Å². The van der Waals surface area contributed by atoms with Gasteiger partial charge in [0.05, 0.1) is 55.4 Å². The molecule has 0 bridgehead atoms. The van der Waals surface area contributed by atoms with Gasteiger partial charge in [-0.15, -0.1) is 0 Å². The van der Waals surface area contributed by atoms with Gasteiger partial charge in [0.2, 0.25) is 0 Å². The van der Waals surface area contributed by atoms with Crippen LogP contribution in [0.15, 0.2) is 0 Å². The molecule has 0 N–H and O–H groups in total. The van der Waals surface area contributed by atoms with Gasteiger partial charge in [-0.2, -0.15) is 0 Å². The Balaban J connectivity index is -0.00000144. The number of unbranched alkanes of at least 4 members (excludes halogenated alkanes) is 7. The summed E-state index contributed by atoms with van der Waals surface area (Å²) in [6, 6.07) is 0. The molecule has 0 radical (unpaired) electrons. The topological polar surface area (TPSA) is 0 Å². The highest BCUT2D eigenvalue weighted by Gasteiger charge is 2.06. The summed E-state index contributed by atoms with van der Waals surface area (Å²) in [7, 11) is 13.7. The van der Waals surface area contributed by atoms with Gasteiger partial charge in [0.15, 0.2) is 0 Å². The fourth-order valence-electron chi connectivity index (χ4n) is 2.23. The van der Waals surface area contributed by atoms with E-state index < -0.39 is 0 Å². The highest BCUT2D eigenvalue weighted by atomic mass is 79.9. The Morgan fingerprint density at radius 3 is 0.800 bits per heavy atom. The van der Waals surface area contributed by atoms with Crippen LogP contribution in [0.25, 0.3) is 0 Å². The predicted molar refractivity (Wildman–Crippen MR) is 82.7 cm³/mol. The van der Waals surface area contributed by atoms with Crippen molar-refractivity contribution >= 4 is 0 Å². The van der Waals surface area contributed by atoms with E-state index in [4.69, 9.17) is 0 Å². The van der Waals surface area contributed by atoms with Gasteiger partial charge in [0.1, 0.15) is 0 Å². The monoisotopic (exact) mass is 416 g/mol. The van der Waals surface area contributed by atoms with Crippen LogP contribution in [0.1, 0.15) is 51.4 Å². The average Bonchev–Trinajstić information content (AvgIpc) is 2.17. The third-order valence-corrected chi connectivity index (χ3v) is 3.41. The Hall–Kier alpha value is 0.880. The first-order chi connectivity index (χ1) is 8.21. The van der Waals surface area contributed by atoms with Gasteiger partial charge in [-0.3, -0.25) is 0 Å². The zero-order valence-electron chi connectivity index (χ0n) is 14.7. The van der Waals surface area contributed by atoms with E-state index in [0.717, 1.165) is 8.97 Å². The molecule has 0 saturated heterocycles. The second-order valence-corrected chi connectivity index (χ2v) is 7.86. The first kappa shape index (κ1) is 25.8. The Morgan fingerprint density at radius 1 is 0.400 bits per heavy atom. The molecule has 0 unspecified atom stereocenters. The van der Waals surface area contributed by atoms with Crippen molar-refractivity contribution < 1.29 is 42.9 Å². The third-order valence-electron chi connectivity index (χ3n) is 3.41. The van der Waals surface area contributed by atoms with Crippen LogP contribution < -0.4 is 34.0 Å². The van der Waals surface area contributed by atoms with Crippen LogP contribution in [0, 0.1) is 0 Å². The molecule has 126 valence electrons. The maximum absolute atomic E-state index is 2.29. The summed E-state index contributed by atoms with van der Waals surface area (Å²) in [6.07, 6.45) is 11.4. The molecule has 0 rings (SSSR count). The summed E-state index contributed by atoms with van der Waals surface area (Å²) >= 11 is 0. The summed E-state index contributed by atoms with van der Waals surface area (Å²) in [5, 5.41) is 0. The van der Waals surface area contributed by atoms with Gasteiger partial charge < -0.3 is 42.9 Å². The molecule has 4 heteroatoms. The molecule has 0 aromatic rings. The zero-order chi connectivity index (χ0) is 14.1. The number of nitrogens with zero attached hydrogens (tertiary/aromatic N) is 2. The predicted octanol–water partition coefficient (Wildman–Crippen LogP) is -2.47. The smallest absolute Gasteiger partial charge is 0.0780 e. The van der Waals surface area contributed by atoms with Gasteiger partial charge in [-0.1, -0.05) is 25.7 Å². The molecule has 0 aromatic carbocycles. The van der Waals surface area contributed by atoms with Crippen molar-refractivity contribution in [1.82, 2.24) is 0 Å². The normalized spacial score (nSPS) is 11.7. The van der Waals surface area contributed by atoms with E-state index >= 15 is 0 Å². The van der Waals surface area contributed by atoms with Crippen LogP contribution in [0.2, 0.25) is 0 Å². The lowest BCUT2D eigenvalue weighted by molar-refractivity contribution is -0.870. The highest BCUT2D eigenvalue weighted by Crippen LogP contribution is 2.10. The summed E-state index contributed by atoms with van der Waals surface area (Å²) in [5.41, 5.74) is 0. The quantitative estimate of drug-likeness (QED) is 0.258. The molecule has 0 aromatic heterocycles. The maximum Gasteiger partial charge on any atom is 0.0780 e. The Morgan fingerprint density at radius 2 is 0.600 bits per heavy atom. The van der Waals surface area contributed by atoms with Crippen LogP contribution in [-0.4, -0.2) is 64.3 Å². The fraction of sp³-hybridized carbons (Fsp3) is 1.00. The van der Waals surface area contributed by atoms with Crippen molar-refractivity contribution in [3.63, 3.8) is 0 Å². The van der Waals surface area contributed by atoms with Gasteiger partial charge >= 0.3 is 0 Å². The minimum absolute atomic E-state index is 0. The van der Waals surface area contributed by atoms with Crippen molar-refractivity contribution in [2.75, 3.05) is 55.4 Å². The molecule has 0 amide bonds. The van der Waals surface area contributed by atoms with E-state index in [1.807, 2.05) is 0 Å². The largest absolute Gasteiger partial charge is 1.00 e. The van der Waals surface area contributed by atoms with Crippen LogP contribution in [0.4, 0.5) is 0 Å². The number of quaternary nitrogens is 2. The summed E-state index contributed by atoms with van der Waals surface area (Å²) < 4.78 is 2.23. The molecule has 0 aliphatic carbocycles. The molecular formula is C16H38Br2N2. The van der Waals surface area contributed by atoms with Crippen LogP contribution in [0.3, 0.4) is 0 Å². The van der Waals surface area contributed by atoms with E-state index in [0.29, 0.717) is 0 Å². The van der Waals surface area contributed by atoms with E-state index in [-0.39, 0.29) is 34.0 Å². The minimum atomic E-state index is 0. The first-order valence-corrected chi connectivity index (χ1v) is 7.82. The van der Waals surface area contributed by atoms with Crippen molar-refractivity contribution in [2.24, 2.45) is 0 Å². The molecule has 2 nitrogen and oxygen atoms in total. The minimum Gasteiger partial charge on any atom is -1.00 e. The maximum atomic E-state index is 2.29. The molecular weight excluding hydrogens is 380 g/mol. The summed E-state index contributed by atoms with van der Waals surface area (Å²) in [6.45, 7) is 2.65. The fourth-order valence-corrected chi connectivity index (χ4v) is 2.23. The van der Waals surface area contributed by atoms with E-state index in [2.05, 4.69) is 42.3 Å². The Bertz CT molecular complexity index is 174. The first-order valence-electron chi connectivity index (χ1n) is 7.82. The van der Waals surface area contributed by atoms with Gasteiger partial charge in [-0.05, 0) is 25.7 Å². The summed E-state index contributed by atoms with van der Waals surface area (Å²) in [4.78, 5) is 0. The van der Waals surface area contributed by atoms with Gasteiger partial charge in [0, 0.05) is 0 Å². The Labute approximate surface area is 149 Å². The molecule has 0 atom stereocenters. The standard InChI is InChI=1S/C16H38N2.2BrH/c1-17(2,3)15-13-11-9-7-8-10-12-14-16-18(4,5)6;;/h7-16H2,1-6H3;2*1H/q+2;;/p-2. The van der Waals surface area contributed by atoms with Crippen LogP contribution in [0.5, 0.6) is 0 Å². The Kier molecular flexibility index (Phi) is 17.5. The van der Waals surface area contributed by atoms with Gasteiger partial charge in [0.25, 0.3) is 0 Å².